The van der Waals surface area contributed by atoms with Gasteiger partial charge in [-0.1, -0.05) is 44.0 Å². The number of nitrogens with one attached hydrogen (secondary N) is 3. The Hall–Kier alpha value is -4.25. The number of hydrogen-bond donors (Lipinski definition) is 3. The van der Waals surface area contributed by atoms with Crippen LogP contribution < -0.4 is 24.8 Å². The monoisotopic (exact) mass is 865 g/mol. The van der Waals surface area contributed by atoms with Gasteiger partial charge in [-0.15, -0.1) is 0 Å². The Kier molecular flexibility index (Phi) is 12.3. The molecular formula is C41H54ClF2N5O9S. The van der Waals surface area contributed by atoms with E-state index in [0.717, 1.165) is 13.8 Å². The number of pyridine rings is 1. The summed E-state index contributed by atoms with van der Waals surface area (Å²) in [6.07, 6.45) is 6.07. The molecule has 7 atom stereocenters. The van der Waals surface area contributed by atoms with Gasteiger partial charge in [-0.05, 0) is 94.7 Å². The Labute approximate surface area is 348 Å². The number of carbonyl (C=O) groups excluding carboxylic acids is 4. The lowest BCUT2D eigenvalue weighted by atomic mass is 9.85. The van der Waals surface area contributed by atoms with E-state index in [-0.39, 0.29) is 31.2 Å². The minimum Gasteiger partial charge on any atom is -0.495 e. The van der Waals surface area contributed by atoms with Gasteiger partial charge in [0.1, 0.15) is 29.5 Å². The van der Waals surface area contributed by atoms with Crippen molar-refractivity contribution in [1.29, 1.82) is 0 Å². The fourth-order valence-electron chi connectivity index (χ4n) is 7.85. The first-order chi connectivity index (χ1) is 27.5. The van der Waals surface area contributed by atoms with Gasteiger partial charge in [0.25, 0.3) is 11.8 Å². The maximum absolute atomic E-state index is 15.0. The molecule has 3 fully saturated rings. The van der Waals surface area contributed by atoms with Gasteiger partial charge in [0.05, 0.1) is 23.4 Å². The van der Waals surface area contributed by atoms with E-state index < -0.39 is 85.7 Å². The average molecular weight is 866 g/mol. The summed E-state index contributed by atoms with van der Waals surface area (Å²) in [5.74, 6) is -6.15. The fourth-order valence-corrected chi connectivity index (χ4v) is 9.40. The Morgan fingerprint density at radius 3 is 2.51 bits per heavy atom. The number of fused-ring (bicyclic) bond motifs is 3. The molecule has 4 amide bonds. The van der Waals surface area contributed by atoms with E-state index in [0.29, 0.717) is 67.0 Å². The van der Waals surface area contributed by atoms with E-state index in [1.165, 1.54) is 18.2 Å². The van der Waals surface area contributed by atoms with E-state index in [9.17, 15) is 36.4 Å². The van der Waals surface area contributed by atoms with Crippen LogP contribution in [0.2, 0.25) is 5.02 Å². The number of alkyl carbamates (subject to hydrolysis) is 1. The lowest BCUT2D eigenvalue weighted by molar-refractivity contribution is -0.152. The molecule has 3 N–H and O–H groups in total. The molecule has 2 aliphatic heterocycles. The van der Waals surface area contributed by atoms with Crippen LogP contribution in [-0.2, 0) is 29.1 Å². The predicted molar refractivity (Wildman–Crippen MR) is 216 cm³/mol. The number of allylic oxidation sites excluding steroid dienone is 1. The summed E-state index contributed by atoms with van der Waals surface area (Å²) in [7, 11) is -2.58. The molecule has 14 nitrogen and oxygen atoms in total. The molecule has 2 saturated carbocycles. The third-order valence-electron chi connectivity index (χ3n) is 12.6. The number of sulfonamides is 1. The third kappa shape index (κ3) is 9.10. The molecule has 59 heavy (non-hydrogen) atoms. The number of carbonyl (C=O) groups is 4. The van der Waals surface area contributed by atoms with Crippen molar-refractivity contribution in [2.75, 3.05) is 13.7 Å². The first kappa shape index (κ1) is 44.3. The Morgan fingerprint density at radius 1 is 1.15 bits per heavy atom. The first-order valence-electron chi connectivity index (χ1n) is 20.1. The SMILES string of the molecule is CCC1CC(C)CCC=CC2CC2(C(=O)NS(=O)(=O)C2(C)CC2)NC(=O)C2CC(Oc3nccc4cc(OC)c(Cl)cc34)CN2C(=O)C1NC(=O)OC(C)(C)C(C)(F)F. The molecule has 324 valence electrons. The van der Waals surface area contributed by atoms with E-state index in [4.69, 9.17) is 25.8 Å². The number of amides is 4. The summed E-state index contributed by atoms with van der Waals surface area (Å²) in [6.45, 7) is 7.99. The van der Waals surface area contributed by atoms with Crippen molar-refractivity contribution in [3.05, 3.63) is 41.6 Å². The van der Waals surface area contributed by atoms with Gasteiger partial charge in [0, 0.05) is 30.8 Å². The number of rotatable bonds is 10. The number of halogens is 3. The van der Waals surface area contributed by atoms with E-state index in [1.54, 1.807) is 25.1 Å². The van der Waals surface area contributed by atoms with Crippen LogP contribution in [0.4, 0.5) is 13.6 Å². The minimum absolute atomic E-state index is 0.0176. The van der Waals surface area contributed by atoms with E-state index >= 15 is 0 Å². The second-order valence-corrected chi connectivity index (χ2v) is 20.0. The number of alkyl halides is 2. The molecule has 6 rings (SSSR count). The summed E-state index contributed by atoms with van der Waals surface area (Å²) < 4.78 is 73.5. The van der Waals surface area contributed by atoms with Crippen LogP contribution in [0.1, 0.15) is 92.9 Å². The summed E-state index contributed by atoms with van der Waals surface area (Å²) in [5.41, 5.74) is -3.85. The second-order valence-electron chi connectivity index (χ2n) is 17.4. The number of aromatic nitrogens is 1. The molecule has 2 aromatic rings. The van der Waals surface area contributed by atoms with Gasteiger partial charge in [-0.3, -0.25) is 19.1 Å². The van der Waals surface area contributed by atoms with Gasteiger partial charge < -0.3 is 29.7 Å². The summed E-state index contributed by atoms with van der Waals surface area (Å²) in [4.78, 5) is 62.6. The topological polar surface area (TPSA) is 182 Å². The van der Waals surface area contributed by atoms with Gasteiger partial charge in [0.15, 0.2) is 5.60 Å². The zero-order valence-corrected chi connectivity index (χ0v) is 36.0. The molecule has 3 heterocycles. The lowest BCUT2D eigenvalue weighted by Crippen LogP contribution is -2.60. The number of benzene rings is 1. The molecule has 18 heteroatoms. The maximum atomic E-state index is 15.0. The molecule has 7 unspecified atom stereocenters. The Balaban J connectivity index is 1.38. The smallest absolute Gasteiger partial charge is 0.408 e. The molecule has 1 aromatic heterocycles. The van der Waals surface area contributed by atoms with Crippen LogP contribution in [0.5, 0.6) is 11.6 Å². The summed E-state index contributed by atoms with van der Waals surface area (Å²) in [5, 5.41) is 6.95. The van der Waals surface area contributed by atoms with Crippen LogP contribution in [-0.4, -0.2) is 95.8 Å². The molecule has 0 spiro atoms. The van der Waals surface area contributed by atoms with Crippen molar-refractivity contribution in [1.82, 2.24) is 25.2 Å². The molecular weight excluding hydrogens is 812 g/mol. The van der Waals surface area contributed by atoms with Crippen LogP contribution in [0.25, 0.3) is 10.8 Å². The molecule has 2 aliphatic carbocycles. The van der Waals surface area contributed by atoms with Gasteiger partial charge >= 0.3 is 6.09 Å². The van der Waals surface area contributed by atoms with Crippen molar-refractivity contribution in [2.45, 2.75) is 133 Å². The summed E-state index contributed by atoms with van der Waals surface area (Å²) >= 11 is 6.47. The molecule has 1 saturated heterocycles. The second kappa shape index (κ2) is 16.3. The van der Waals surface area contributed by atoms with Crippen LogP contribution >= 0.6 is 11.6 Å². The average Bonchev–Trinajstić information content (AvgIpc) is 4.03. The molecule has 0 bridgehead atoms. The minimum atomic E-state index is -4.07. The quantitative estimate of drug-likeness (QED) is 0.238. The standard InChI is InChI=1S/C41H54ClF2N5O9S/c1-8-24-17-23(2)11-9-10-12-26-21-41(26,36(52)48-59(54,55)39(5)14-15-39)47-33(50)30-19-27(57-34-28-20-29(42)31(56-7)18-25(28)13-16-45-34)22-49(30)35(51)32(24)46-37(53)58-38(3,4)40(6,43)44/h10,12-13,16,18,20,23-24,26-27,30,32H,8-9,11,14-15,17,19,21-22H2,1-7H3,(H,46,53)(H,47,50)(H,48,52). The van der Waals surface area contributed by atoms with Crippen LogP contribution in [0.3, 0.4) is 0 Å². The number of nitrogens with zero attached hydrogens (tertiary/aromatic N) is 2. The van der Waals surface area contributed by atoms with Crippen LogP contribution in [0, 0.1) is 17.8 Å². The van der Waals surface area contributed by atoms with Crippen molar-refractivity contribution >= 4 is 56.2 Å². The van der Waals surface area contributed by atoms with Crippen molar-refractivity contribution < 1.29 is 50.6 Å². The highest BCUT2D eigenvalue weighted by Gasteiger charge is 2.63. The highest BCUT2D eigenvalue weighted by molar-refractivity contribution is 7.91. The van der Waals surface area contributed by atoms with Crippen molar-refractivity contribution in [2.24, 2.45) is 17.8 Å². The summed E-state index contributed by atoms with van der Waals surface area (Å²) in [6, 6.07) is 2.48. The third-order valence-corrected chi connectivity index (χ3v) is 15.0. The lowest BCUT2D eigenvalue weighted by Gasteiger charge is -2.35. The van der Waals surface area contributed by atoms with E-state index in [2.05, 4.69) is 20.3 Å². The van der Waals surface area contributed by atoms with Gasteiger partial charge in [0.2, 0.25) is 27.7 Å². The predicted octanol–water partition coefficient (Wildman–Crippen LogP) is 6.05. The first-order valence-corrected chi connectivity index (χ1v) is 21.9. The number of hydrogen-bond acceptors (Lipinski definition) is 10. The largest absolute Gasteiger partial charge is 0.495 e. The van der Waals surface area contributed by atoms with Crippen LogP contribution in [0.15, 0.2) is 36.5 Å². The molecule has 4 aliphatic rings. The number of ether oxygens (including phenoxy) is 3. The highest BCUT2D eigenvalue weighted by Crippen LogP contribution is 2.48. The zero-order chi connectivity index (χ0) is 43.3. The van der Waals surface area contributed by atoms with Crippen molar-refractivity contribution in [3.63, 3.8) is 0 Å². The van der Waals surface area contributed by atoms with E-state index in [1.807, 2.05) is 26.0 Å². The normalized spacial score (nSPS) is 28.6. The highest BCUT2D eigenvalue weighted by atomic mass is 35.5. The molecule has 0 radical (unpaired) electrons. The number of methoxy groups -OCH3 is 1. The van der Waals surface area contributed by atoms with Gasteiger partial charge in [-0.2, -0.15) is 0 Å². The van der Waals surface area contributed by atoms with Crippen molar-refractivity contribution in [3.8, 4) is 11.6 Å². The Morgan fingerprint density at radius 2 is 1.86 bits per heavy atom. The maximum Gasteiger partial charge on any atom is 0.408 e. The van der Waals surface area contributed by atoms with Gasteiger partial charge in [-0.25, -0.2) is 27.0 Å². The molecule has 1 aromatic carbocycles. The zero-order valence-electron chi connectivity index (χ0n) is 34.4. The Bertz CT molecular complexity index is 2130. The fraction of sp³-hybridized carbons (Fsp3) is 0.634.